The molecule has 2 N–H and O–H groups in total. The third kappa shape index (κ3) is 2.04. The van der Waals surface area contributed by atoms with Crippen LogP contribution in [0.1, 0.15) is 10.6 Å². The van der Waals surface area contributed by atoms with Crippen LogP contribution in [0.5, 0.6) is 0 Å². The van der Waals surface area contributed by atoms with E-state index in [-0.39, 0.29) is 5.82 Å². The van der Waals surface area contributed by atoms with Crippen molar-refractivity contribution in [1.82, 2.24) is 9.97 Å². The number of para-hydroxylation sites is 1. The highest BCUT2D eigenvalue weighted by atomic mass is 16.1. The van der Waals surface area contributed by atoms with E-state index in [1.165, 1.54) is 0 Å². The lowest BCUT2D eigenvalue weighted by molar-refractivity contribution is 0.0991. The molecule has 4 heteroatoms. The molecule has 2 aromatic carbocycles. The maximum atomic E-state index is 11.3. The maximum Gasteiger partial charge on any atom is 0.286 e. The van der Waals surface area contributed by atoms with E-state index in [9.17, 15) is 4.79 Å². The molecule has 0 aliphatic rings. The molecule has 0 radical (unpaired) electrons. The highest BCUT2D eigenvalue weighted by Gasteiger charge is 2.12. The van der Waals surface area contributed by atoms with Gasteiger partial charge in [0, 0.05) is 10.9 Å². The third-order valence-electron chi connectivity index (χ3n) is 2.87. The van der Waals surface area contributed by atoms with Crippen molar-refractivity contribution in [2.24, 2.45) is 5.73 Å². The third-order valence-corrected chi connectivity index (χ3v) is 2.87. The molecule has 0 fully saturated rings. The average Bonchev–Trinajstić information content (AvgIpc) is 2.47. The number of benzene rings is 2. The van der Waals surface area contributed by atoms with Gasteiger partial charge in [-0.25, -0.2) is 9.97 Å². The zero-order chi connectivity index (χ0) is 13.2. The monoisotopic (exact) mass is 249 g/mol. The maximum absolute atomic E-state index is 11.3. The summed E-state index contributed by atoms with van der Waals surface area (Å²) in [6, 6.07) is 17.2. The molecule has 0 aliphatic heterocycles. The largest absolute Gasteiger partial charge is 0.363 e. The summed E-state index contributed by atoms with van der Waals surface area (Å²) >= 11 is 0. The van der Waals surface area contributed by atoms with Crippen LogP contribution >= 0.6 is 0 Å². The Balaban J connectivity index is 2.36. The molecule has 3 aromatic rings. The predicted octanol–water partition coefficient (Wildman–Crippen LogP) is 2.40. The Kier molecular flexibility index (Phi) is 2.68. The number of primary amides is 1. The molecule has 0 saturated heterocycles. The van der Waals surface area contributed by atoms with Crippen LogP contribution in [-0.4, -0.2) is 15.9 Å². The Labute approximate surface area is 109 Å². The van der Waals surface area contributed by atoms with Crippen molar-refractivity contribution in [3.05, 3.63) is 60.4 Å². The molecule has 3 rings (SSSR count). The first kappa shape index (κ1) is 11.3. The van der Waals surface area contributed by atoms with Gasteiger partial charge in [0.2, 0.25) is 5.82 Å². The van der Waals surface area contributed by atoms with Crippen molar-refractivity contribution < 1.29 is 4.79 Å². The molecule has 0 aliphatic carbocycles. The first-order valence-electron chi connectivity index (χ1n) is 5.88. The first-order chi connectivity index (χ1) is 9.25. The Hall–Kier alpha value is -2.75. The van der Waals surface area contributed by atoms with Crippen LogP contribution in [0.25, 0.3) is 22.2 Å². The summed E-state index contributed by atoms with van der Waals surface area (Å²) in [4.78, 5) is 19.8. The zero-order valence-corrected chi connectivity index (χ0v) is 10.1. The molecule has 0 saturated carbocycles. The number of carbonyl (C=O) groups excluding carboxylic acids is 1. The van der Waals surface area contributed by atoms with Gasteiger partial charge in [0.1, 0.15) is 0 Å². The van der Waals surface area contributed by atoms with Crippen LogP contribution < -0.4 is 5.73 Å². The second-order valence-corrected chi connectivity index (χ2v) is 4.14. The topological polar surface area (TPSA) is 68.9 Å². The predicted molar refractivity (Wildman–Crippen MR) is 73.5 cm³/mol. The van der Waals surface area contributed by atoms with E-state index in [4.69, 9.17) is 5.73 Å². The highest BCUT2D eigenvalue weighted by molar-refractivity contribution is 5.97. The molecular weight excluding hydrogens is 238 g/mol. The van der Waals surface area contributed by atoms with Gasteiger partial charge in [0.05, 0.1) is 11.2 Å². The van der Waals surface area contributed by atoms with E-state index >= 15 is 0 Å². The lowest BCUT2D eigenvalue weighted by Crippen LogP contribution is -2.15. The van der Waals surface area contributed by atoms with Crippen molar-refractivity contribution in [3.8, 4) is 11.3 Å². The fraction of sp³-hybridized carbons (Fsp3) is 0. The van der Waals surface area contributed by atoms with E-state index < -0.39 is 5.91 Å². The molecule has 0 bridgehead atoms. The van der Waals surface area contributed by atoms with E-state index in [0.29, 0.717) is 5.52 Å². The molecule has 1 aromatic heterocycles. The van der Waals surface area contributed by atoms with Gasteiger partial charge < -0.3 is 5.73 Å². The average molecular weight is 249 g/mol. The summed E-state index contributed by atoms with van der Waals surface area (Å²) in [5, 5.41) is 0.902. The van der Waals surface area contributed by atoms with Gasteiger partial charge in [0.25, 0.3) is 5.91 Å². The fourth-order valence-corrected chi connectivity index (χ4v) is 2.00. The van der Waals surface area contributed by atoms with E-state index in [0.717, 1.165) is 16.6 Å². The molecule has 1 amide bonds. The molecule has 0 unspecified atom stereocenters. The van der Waals surface area contributed by atoms with Crippen molar-refractivity contribution in [3.63, 3.8) is 0 Å². The number of hydrogen-bond acceptors (Lipinski definition) is 3. The van der Waals surface area contributed by atoms with Crippen LogP contribution in [0, 0.1) is 0 Å². The minimum Gasteiger partial charge on any atom is -0.363 e. The van der Waals surface area contributed by atoms with Gasteiger partial charge in [-0.15, -0.1) is 0 Å². The first-order valence-corrected chi connectivity index (χ1v) is 5.88. The second-order valence-electron chi connectivity index (χ2n) is 4.14. The Bertz CT molecular complexity index is 754. The van der Waals surface area contributed by atoms with Crippen LogP contribution in [0.15, 0.2) is 54.6 Å². The fourth-order valence-electron chi connectivity index (χ4n) is 2.00. The number of nitrogens with zero attached hydrogens (tertiary/aromatic N) is 2. The van der Waals surface area contributed by atoms with Gasteiger partial charge in [-0.05, 0) is 6.07 Å². The van der Waals surface area contributed by atoms with Crippen molar-refractivity contribution in [2.45, 2.75) is 0 Å². The second kappa shape index (κ2) is 4.49. The van der Waals surface area contributed by atoms with Gasteiger partial charge in [0.15, 0.2) is 0 Å². The quantitative estimate of drug-likeness (QED) is 0.758. The summed E-state index contributed by atoms with van der Waals surface area (Å²) in [7, 11) is 0. The number of hydrogen-bond donors (Lipinski definition) is 1. The SMILES string of the molecule is NC(=O)c1nc(-c2ccccc2)c2ccccc2n1. The van der Waals surface area contributed by atoms with Gasteiger partial charge in [-0.1, -0.05) is 48.5 Å². The molecule has 19 heavy (non-hydrogen) atoms. The van der Waals surface area contributed by atoms with Crippen LogP contribution in [0.4, 0.5) is 0 Å². The summed E-state index contributed by atoms with van der Waals surface area (Å²) in [6.07, 6.45) is 0. The van der Waals surface area contributed by atoms with E-state index in [1.807, 2.05) is 54.6 Å². The van der Waals surface area contributed by atoms with E-state index in [1.54, 1.807) is 0 Å². The van der Waals surface area contributed by atoms with Crippen LogP contribution in [0.3, 0.4) is 0 Å². The zero-order valence-electron chi connectivity index (χ0n) is 10.1. The van der Waals surface area contributed by atoms with Crippen molar-refractivity contribution >= 4 is 16.8 Å². The standard InChI is InChI=1S/C15H11N3O/c16-14(19)15-17-12-9-5-4-8-11(12)13(18-15)10-6-2-1-3-7-10/h1-9H,(H2,16,19). The molecule has 0 atom stereocenters. The smallest absolute Gasteiger partial charge is 0.286 e. The lowest BCUT2D eigenvalue weighted by Gasteiger charge is -2.07. The Morgan fingerprint density at radius 2 is 1.58 bits per heavy atom. The van der Waals surface area contributed by atoms with Gasteiger partial charge in [-0.3, -0.25) is 4.79 Å². The minimum absolute atomic E-state index is 0.0394. The Morgan fingerprint density at radius 3 is 2.32 bits per heavy atom. The minimum atomic E-state index is -0.622. The lowest BCUT2D eigenvalue weighted by atomic mass is 10.1. The Morgan fingerprint density at radius 1 is 0.895 bits per heavy atom. The number of nitrogens with two attached hydrogens (primary N) is 1. The van der Waals surface area contributed by atoms with E-state index in [2.05, 4.69) is 9.97 Å². The number of aromatic nitrogens is 2. The number of rotatable bonds is 2. The normalized spacial score (nSPS) is 10.5. The summed E-state index contributed by atoms with van der Waals surface area (Å²) in [6.45, 7) is 0. The number of carbonyl (C=O) groups is 1. The number of fused-ring (bicyclic) bond motifs is 1. The summed E-state index contributed by atoms with van der Waals surface area (Å²) in [5.74, 6) is -0.583. The molecule has 1 heterocycles. The molecule has 4 nitrogen and oxygen atoms in total. The van der Waals surface area contributed by atoms with Crippen molar-refractivity contribution in [2.75, 3.05) is 0 Å². The van der Waals surface area contributed by atoms with Crippen LogP contribution in [0.2, 0.25) is 0 Å². The number of amides is 1. The highest BCUT2D eigenvalue weighted by Crippen LogP contribution is 2.25. The molecule has 0 spiro atoms. The summed E-state index contributed by atoms with van der Waals surface area (Å²) in [5.41, 5.74) is 7.66. The molecule has 92 valence electrons. The van der Waals surface area contributed by atoms with Crippen LogP contribution in [-0.2, 0) is 0 Å². The van der Waals surface area contributed by atoms with Gasteiger partial charge in [-0.2, -0.15) is 0 Å². The van der Waals surface area contributed by atoms with Gasteiger partial charge >= 0.3 is 0 Å². The summed E-state index contributed by atoms with van der Waals surface area (Å²) < 4.78 is 0. The van der Waals surface area contributed by atoms with Crippen molar-refractivity contribution in [1.29, 1.82) is 0 Å². The molecular formula is C15H11N3O.